The van der Waals surface area contributed by atoms with Crippen LogP contribution in [-0.2, 0) is 33.2 Å². The molecule has 0 amide bonds. The molecule has 5 fully saturated rings. The van der Waals surface area contributed by atoms with Gasteiger partial charge in [0.15, 0.2) is 24.8 Å². The summed E-state index contributed by atoms with van der Waals surface area (Å²) >= 11 is 0. The maximum atomic E-state index is 13.5. The molecule has 6 N–H and O–H groups in total. The van der Waals surface area contributed by atoms with Gasteiger partial charge in [-0.1, -0.05) is 56.7 Å². The van der Waals surface area contributed by atoms with Crippen LogP contribution >= 0.6 is 0 Å². The van der Waals surface area contributed by atoms with E-state index in [0.717, 1.165) is 57.8 Å². The van der Waals surface area contributed by atoms with Crippen LogP contribution in [0.2, 0.25) is 0 Å². The van der Waals surface area contributed by atoms with Gasteiger partial charge in [-0.25, -0.2) is 9.59 Å². The van der Waals surface area contributed by atoms with Crippen molar-refractivity contribution >= 4 is 11.9 Å². The fourth-order valence-electron chi connectivity index (χ4n) is 8.30. The Morgan fingerprint density at radius 3 is 2.18 bits per heavy atom. The van der Waals surface area contributed by atoms with E-state index in [-0.39, 0.29) is 23.8 Å². The number of benzene rings is 1. The summed E-state index contributed by atoms with van der Waals surface area (Å²) in [5.41, 5.74) is 0.205. The van der Waals surface area contributed by atoms with E-state index < -0.39 is 98.3 Å². The van der Waals surface area contributed by atoms with Crippen LogP contribution in [0.25, 0.3) is 0 Å². The van der Waals surface area contributed by atoms with Crippen molar-refractivity contribution in [2.24, 2.45) is 17.8 Å². The first kappa shape index (κ1) is 38.5. The number of carboxylic acid groups (broad SMARTS) is 1. The number of hydrogen-bond acceptors (Lipinski definition) is 13. The highest BCUT2D eigenvalue weighted by atomic mass is 16.7. The second-order valence-electron chi connectivity index (χ2n) is 15.0. The van der Waals surface area contributed by atoms with E-state index in [4.69, 9.17) is 28.4 Å². The van der Waals surface area contributed by atoms with Crippen LogP contribution < -0.4 is 0 Å². The van der Waals surface area contributed by atoms with E-state index in [1.165, 1.54) is 0 Å². The van der Waals surface area contributed by atoms with Crippen molar-refractivity contribution < 1.29 is 68.6 Å². The summed E-state index contributed by atoms with van der Waals surface area (Å²) in [5, 5.41) is 63.6. The van der Waals surface area contributed by atoms with Crippen molar-refractivity contribution in [3.8, 4) is 0 Å². The van der Waals surface area contributed by atoms with Crippen molar-refractivity contribution in [1.29, 1.82) is 0 Å². The Bertz CT molecular complexity index is 1270. The maximum Gasteiger partial charge on any atom is 0.338 e. The number of aliphatic hydroxyl groups excluding tert-OH is 5. The van der Waals surface area contributed by atoms with Crippen LogP contribution in [0.15, 0.2) is 30.3 Å². The standard InChI is InChI=1S/C37H54O14/c1-19-27(39)29(41)30(42)36(46-19)51-31-23(21-15-16-21)13-8-14-24(31)48-37-33(50-35(45)22-11-6-3-7-12-22)32(28(40)26(18-38)49-37)47-25(34(43)44)17-20-9-4-2-5-10-20/h3,6-7,11-12,19-21,23-33,36-42H,2,4-5,8-10,13-18H2,1H3,(H,43,44)/t19-,23+,24+,25-,26+,27+,28-,29+,30-,31+,32-,33+,36-,37+/m0/s1. The lowest BCUT2D eigenvalue weighted by Crippen LogP contribution is -2.64. The molecule has 0 bridgehead atoms. The predicted molar refractivity (Wildman–Crippen MR) is 177 cm³/mol. The average Bonchev–Trinajstić information content (AvgIpc) is 3.98. The Labute approximate surface area is 297 Å². The van der Waals surface area contributed by atoms with Gasteiger partial charge in [-0.3, -0.25) is 0 Å². The van der Waals surface area contributed by atoms with Crippen molar-refractivity contribution in [2.75, 3.05) is 6.61 Å². The second kappa shape index (κ2) is 17.3. The Morgan fingerprint density at radius 1 is 0.784 bits per heavy atom. The quantitative estimate of drug-likeness (QED) is 0.161. The van der Waals surface area contributed by atoms with E-state index in [0.29, 0.717) is 12.3 Å². The molecule has 2 aliphatic heterocycles. The molecule has 3 aliphatic carbocycles. The lowest BCUT2D eigenvalue weighted by Gasteiger charge is -2.48. The summed E-state index contributed by atoms with van der Waals surface area (Å²) in [6.07, 6.45) is -7.34. The van der Waals surface area contributed by atoms with Crippen LogP contribution in [0.1, 0.15) is 87.9 Å². The van der Waals surface area contributed by atoms with Crippen LogP contribution in [0.3, 0.4) is 0 Å². The van der Waals surface area contributed by atoms with E-state index in [9.17, 15) is 40.2 Å². The van der Waals surface area contributed by atoms with Crippen molar-refractivity contribution in [3.63, 3.8) is 0 Å². The maximum absolute atomic E-state index is 13.5. The third kappa shape index (κ3) is 9.11. The molecule has 1 aromatic rings. The molecule has 6 rings (SSSR count). The Kier molecular flexibility index (Phi) is 13.0. The fraction of sp³-hybridized carbons (Fsp3) is 0.784. The molecule has 14 nitrogen and oxygen atoms in total. The first-order chi connectivity index (χ1) is 24.5. The fourth-order valence-corrected chi connectivity index (χ4v) is 8.30. The molecular formula is C37H54O14. The molecule has 14 atom stereocenters. The van der Waals surface area contributed by atoms with Crippen molar-refractivity contribution in [1.82, 2.24) is 0 Å². The smallest absolute Gasteiger partial charge is 0.338 e. The molecule has 14 heteroatoms. The Hall–Kier alpha value is -2.24. The summed E-state index contributed by atoms with van der Waals surface area (Å²) in [6.45, 7) is 0.917. The minimum Gasteiger partial charge on any atom is -0.479 e. The van der Waals surface area contributed by atoms with Gasteiger partial charge in [0.1, 0.15) is 36.6 Å². The van der Waals surface area contributed by atoms with Crippen molar-refractivity contribution in [2.45, 2.75) is 157 Å². The summed E-state index contributed by atoms with van der Waals surface area (Å²) in [4.78, 5) is 26.1. The minimum atomic E-state index is -1.57. The van der Waals surface area contributed by atoms with Gasteiger partial charge in [-0.2, -0.15) is 0 Å². The van der Waals surface area contributed by atoms with Gasteiger partial charge < -0.3 is 59.1 Å². The van der Waals surface area contributed by atoms with E-state index in [2.05, 4.69) is 0 Å². The summed E-state index contributed by atoms with van der Waals surface area (Å²) < 4.78 is 37.2. The first-order valence-electron chi connectivity index (χ1n) is 18.6. The highest BCUT2D eigenvalue weighted by Crippen LogP contribution is 2.47. The third-order valence-electron chi connectivity index (χ3n) is 11.4. The average molecular weight is 723 g/mol. The van der Waals surface area contributed by atoms with Gasteiger partial charge >= 0.3 is 11.9 Å². The van der Waals surface area contributed by atoms with Gasteiger partial charge in [0.05, 0.1) is 30.5 Å². The van der Waals surface area contributed by atoms with Crippen LogP contribution in [-0.4, -0.2) is 129 Å². The number of ether oxygens (including phenoxy) is 6. The molecule has 0 radical (unpaired) electrons. The number of carbonyl (C=O) groups excluding carboxylic acids is 1. The summed E-state index contributed by atoms with van der Waals surface area (Å²) in [5.74, 6) is -1.56. The van der Waals surface area contributed by atoms with Crippen LogP contribution in [0.5, 0.6) is 0 Å². The molecule has 0 aromatic heterocycles. The molecular weight excluding hydrogens is 668 g/mol. The van der Waals surface area contributed by atoms with Crippen molar-refractivity contribution in [3.05, 3.63) is 35.9 Å². The van der Waals surface area contributed by atoms with Gasteiger partial charge in [-0.15, -0.1) is 0 Å². The molecule has 5 aliphatic rings. The zero-order valence-corrected chi connectivity index (χ0v) is 29.1. The van der Waals surface area contributed by atoms with Crippen LogP contribution in [0.4, 0.5) is 0 Å². The Balaban J connectivity index is 1.29. The highest BCUT2D eigenvalue weighted by Gasteiger charge is 2.54. The predicted octanol–water partition coefficient (Wildman–Crippen LogP) is 1.91. The number of carbonyl (C=O) groups is 2. The normalized spacial score (nSPS) is 40.0. The molecule has 3 saturated carbocycles. The highest BCUT2D eigenvalue weighted by molar-refractivity contribution is 5.89. The van der Waals surface area contributed by atoms with Gasteiger partial charge in [0, 0.05) is 0 Å². The first-order valence-corrected chi connectivity index (χ1v) is 18.6. The number of esters is 1. The molecule has 0 unspecified atom stereocenters. The van der Waals surface area contributed by atoms with Crippen LogP contribution in [0, 0.1) is 17.8 Å². The van der Waals surface area contributed by atoms with E-state index in [1.807, 2.05) is 0 Å². The van der Waals surface area contributed by atoms with Gasteiger partial charge in [0.2, 0.25) is 0 Å². The third-order valence-corrected chi connectivity index (χ3v) is 11.4. The number of carboxylic acids is 1. The number of rotatable bonds is 13. The Morgan fingerprint density at radius 2 is 1.51 bits per heavy atom. The molecule has 51 heavy (non-hydrogen) atoms. The largest absolute Gasteiger partial charge is 0.479 e. The summed E-state index contributed by atoms with van der Waals surface area (Å²) in [7, 11) is 0. The zero-order valence-electron chi connectivity index (χ0n) is 29.1. The zero-order chi connectivity index (χ0) is 36.2. The monoisotopic (exact) mass is 722 g/mol. The van der Waals surface area contributed by atoms with Gasteiger partial charge in [0.25, 0.3) is 0 Å². The van der Waals surface area contributed by atoms with E-state index >= 15 is 0 Å². The molecule has 286 valence electrons. The molecule has 2 saturated heterocycles. The summed E-state index contributed by atoms with van der Waals surface area (Å²) in [6, 6.07) is 8.18. The SMILES string of the molecule is C[C@@H]1O[C@@H](O[C@@H]2[C@@H](C3CC3)CCC[C@H]2O[C@@H]2O[C@H](CO)[C@H](O)[C@H](O[C@@H](CC3CCCCC3)C(=O)O)[C@H]2OC(=O)c2ccccc2)[C@@H](O)[C@H](O)[C@@H]1O. The number of aliphatic hydroxyl groups is 5. The number of aliphatic carboxylic acids is 1. The minimum absolute atomic E-state index is 0.00841. The molecule has 2 heterocycles. The second-order valence-corrected chi connectivity index (χ2v) is 15.0. The lowest BCUT2D eigenvalue weighted by atomic mass is 9.81. The topological polar surface area (TPSA) is 211 Å². The van der Waals surface area contributed by atoms with Gasteiger partial charge in [-0.05, 0) is 68.9 Å². The number of hydrogen-bond donors (Lipinski definition) is 6. The van der Waals surface area contributed by atoms with E-state index in [1.54, 1.807) is 37.3 Å². The molecule has 1 aromatic carbocycles. The lowest BCUT2D eigenvalue weighted by molar-refractivity contribution is -0.349. The molecule has 0 spiro atoms.